The van der Waals surface area contributed by atoms with Crippen molar-refractivity contribution in [3.63, 3.8) is 0 Å². The molecule has 1 fully saturated rings. The van der Waals surface area contributed by atoms with E-state index in [1.807, 2.05) is 0 Å². The molecule has 4 rings (SSSR count). The van der Waals surface area contributed by atoms with Gasteiger partial charge in [0.25, 0.3) is 5.91 Å². The molecule has 0 spiro atoms. The van der Waals surface area contributed by atoms with Crippen LogP contribution in [0.15, 0.2) is 24.3 Å². The number of para-hydroxylation sites is 1. The third-order valence-corrected chi connectivity index (χ3v) is 5.76. The van der Waals surface area contributed by atoms with Gasteiger partial charge in [0, 0.05) is 31.0 Å². The second kappa shape index (κ2) is 8.95. The van der Waals surface area contributed by atoms with E-state index in [-0.39, 0.29) is 36.8 Å². The van der Waals surface area contributed by atoms with E-state index < -0.39 is 0 Å². The lowest BCUT2D eigenvalue weighted by atomic mass is 10.1. The average Bonchev–Trinajstić information content (AvgIpc) is 3.49. The van der Waals surface area contributed by atoms with Crippen LogP contribution >= 0.6 is 0 Å². The van der Waals surface area contributed by atoms with Crippen molar-refractivity contribution >= 4 is 11.9 Å². The molecule has 1 aliphatic heterocycles. The Labute approximate surface area is 174 Å². The van der Waals surface area contributed by atoms with Crippen LogP contribution in [0, 0.1) is 5.82 Å². The predicted molar refractivity (Wildman–Crippen MR) is 107 cm³/mol. The quantitative estimate of drug-likeness (QED) is 0.650. The molecule has 7 nitrogen and oxygen atoms in total. The number of amides is 1. The molecule has 30 heavy (non-hydrogen) atoms. The highest BCUT2D eigenvalue weighted by Crippen LogP contribution is 2.29. The molecule has 8 heteroatoms. The Kier molecular flexibility index (Phi) is 6.13. The molecule has 1 unspecified atom stereocenters. The van der Waals surface area contributed by atoms with E-state index in [0.29, 0.717) is 24.5 Å². The number of nitrogens with zero attached hydrogens (tertiary/aromatic N) is 3. The predicted octanol–water partition coefficient (Wildman–Crippen LogP) is 2.68. The van der Waals surface area contributed by atoms with Gasteiger partial charge in [-0.05, 0) is 44.2 Å². The highest BCUT2D eigenvalue weighted by atomic mass is 19.1. The van der Waals surface area contributed by atoms with Crippen LogP contribution in [-0.2, 0) is 27.1 Å². The highest BCUT2D eigenvalue weighted by molar-refractivity contribution is 5.94. The van der Waals surface area contributed by atoms with E-state index >= 15 is 0 Å². The lowest BCUT2D eigenvalue weighted by molar-refractivity contribution is -0.140. The molecule has 1 atom stereocenters. The Bertz CT molecular complexity index is 936. The topological polar surface area (TPSA) is 73.7 Å². The van der Waals surface area contributed by atoms with Gasteiger partial charge in [-0.15, -0.1) is 0 Å². The maximum Gasteiger partial charge on any atom is 0.307 e. The third-order valence-electron chi connectivity index (χ3n) is 5.76. The lowest BCUT2D eigenvalue weighted by Crippen LogP contribution is -2.39. The Balaban J connectivity index is 1.64. The lowest BCUT2D eigenvalue weighted by Gasteiger charge is -2.24. The molecule has 0 bridgehead atoms. The maximum absolute atomic E-state index is 14.4. The first kappa shape index (κ1) is 20.5. The number of halogens is 1. The largest absolute Gasteiger partial charge is 0.469 e. The fraction of sp³-hybridized carbons (Fsp3) is 0.500. The standard InChI is InChI=1S/C22H26FN3O4/c1-29-20(27)11-12-25(14-15-6-5-13-30-15)22(28)21-16-7-4-10-18(16)26(24-21)19-9-3-2-8-17(19)23/h2-3,8-9,15H,4-7,10-14H2,1H3. The molecule has 2 aromatic rings. The van der Waals surface area contributed by atoms with E-state index in [1.54, 1.807) is 27.8 Å². The zero-order valence-electron chi connectivity index (χ0n) is 17.1. The molecule has 1 aromatic heterocycles. The van der Waals surface area contributed by atoms with Crippen LogP contribution in [0.25, 0.3) is 5.69 Å². The summed E-state index contributed by atoms with van der Waals surface area (Å²) in [6.45, 7) is 1.31. The van der Waals surface area contributed by atoms with Gasteiger partial charge in [0.1, 0.15) is 11.5 Å². The fourth-order valence-corrected chi connectivity index (χ4v) is 4.22. The van der Waals surface area contributed by atoms with Crippen molar-refractivity contribution in [2.75, 3.05) is 26.8 Å². The number of ether oxygens (including phenoxy) is 2. The maximum atomic E-state index is 14.4. The highest BCUT2D eigenvalue weighted by Gasteiger charge is 2.32. The number of rotatable bonds is 7. The van der Waals surface area contributed by atoms with Crippen LogP contribution in [0.5, 0.6) is 0 Å². The SMILES string of the molecule is COC(=O)CCN(CC1CCCO1)C(=O)c1nn(-c2ccccc2F)c2c1CCC2. The normalized spacial score (nSPS) is 17.7. The summed E-state index contributed by atoms with van der Waals surface area (Å²) in [7, 11) is 1.33. The van der Waals surface area contributed by atoms with Crippen molar-refractivity contribution in [3.8, 4) is 5.69 Å². The fourth-order valence-electron chi connectivity index (χ4n) is 4.22. The molecule has 1 amide bonds. The second-order valence-electron chi connectivity index (χ2n) is 7.70. The zero-order valence-corrected chi connectivity index (χ0v) is 17.1. The molecule has 2 aliphatic rings. The van der Waals surface area contributed by atoms with Crippen molar-refractivity contribution in [3.05, 3.63) is 47.0 Å². The molecular weight excluding hydrogens is 389 g/mol. The van der Waals surface area contributed by atoms with Crippen molar-refractivity contribution in [2.24, 2.45) is 0 Å². The summed E-state index contributed by atoms with van der Waals surface area (Å²) in [6, 6.07) is 6.43. The van der Waals surface area contributed by atoms with Gasteiger partial charge in [0.2, 0.25) is 0 Å². The molecule has 1 aliphatic carbocycles. The third kappa shape index (κ3) is 4.09. The number of hydrogen-bond acceptors (Lipinski definition) is 5. The summed E-state index contributed by atoms with van der Waals surface area (Å²) in [5.74, 6) is -1.000. The summed E-state index contributed by atoms with van der Waals surface area (Å²) in [5.41, 5.74) is 2.44. The van der Waals surface area contributed by atoms with Crippen molar-refractivity contribution in [2.45, 2.75) is 44.6 Å². The zero-order chi connectivity index (χ0) is 21.1. The Morgan fingerprint density at radius 2 is 2.13 bits per heavy atom. The van der Waals surface area contributed by atoms with Crippen LogP contribution in [0.2, 0.25) is 0 Å². The Hall–Kier alpha value is -2.74. The van der Waals surface area contributed by atoms with Crippen LogP contribution in [0.1, 0.15) is 47.4 Å². The number of benzene rings is 1. The number of esters is 1. The average molecular weight is 415 g/mol. The van der Waals surface area contributed by atoms with E-state index in [4.69, 9.17) is 9.47 Å². The first-order valence-electron chi connectivity index (χ1n) is 10.4. The van der Waals surface area contributed by atoms with Crippen LogP contribution in [0.3, 0.4) is 0 Å². The van der Waals surface area contributed by atoms with Gasteiger partial charge < -0.3 is 14.4 Å². The number of carbonyl (C=O) groups excluding carboxylic acids is 2. The molecule has 1 saturated heterocycles. The van der Waals surface area contributed by atoms with Gasteiger partial charge in [-0.2, -0.15) is 5.10 Å². The minimum Gasteiger partial charge on any atom is -0.469 e. The smallest absolute Gasteiger partial charge is 0.307 e. The van der Waals surface area contributed by atoms with Crippen molar-refractivity contribution < 1.29 is 23.5 Å². The summed E-state index contributed by atoms with van der Waals surface area (Å²) in [6.07, 6.45) is 4.27. The van der Waals surface area contributed by atoms with Crippen LogP contribution in [0.4, 0.5) is 4.39 Å². The van der Waals surface area contributed by atoms with Gasteiger partial charge in [-0.25, -0.2) is 9.07 Å². The van der Waals surface area contributed by atoms with Gasteiger partial charge in [0.15, 0.2) is 5.69 Å². The van der Waals surface area contributed by atoms with E-state index in [0.717, 1.165) is 43.4 Å². The first-order chi connectivity index (χ1) is 14.6. The Morgan fingerprint density at radius 1 is 1.30 bits per heavy atom. The Morgan fingerprint density at radius 3 is 2.87 bits per heavy atom. The van der Waals surface area contributed by atoms with Gasteiger partial charge in [0.05, 0.1) is 19.6 Å². The molecule has 0 radical (unpaired) electrons. The molecule has 1 aromatic carbocycles. The van der Waals surface area contributed by atoms with E-state index in [1.165, 1.54) is 13.2 Å². The van der Waals surface area contributed by atoms with Gasteiger partial charge >= 0.3 is 5.97 Å². The minimum absolute atomic E-state index is 0.0479. The number of carbonyl (C=O) groups is 2. The molecule has 0 saturated carbocycles. The molecule has 160 valence electrons. The summed E-state index contributed by atoms with van der Waals surface area (Å²) >= 11 is 0. The molecule has 2 heterocycles. The van der Waals surface area contributed by atoms with Crippen molar-refractivity contribution in [1.29, 1.82) is 0 Å². The summed E-state index contributed by atoms with van der Waals surface area (Å²) in [4.78, 5) is 26.8. The van der Waals surface area contributed by atoms with E-state index in [9.17, 15) is 14.0 Å². The second-order valence-corrected chi connectivity index (χ2v) is 7.70. The summed E-state index contributed by atoms with van der Waals surface area (Å²) in [5, 5.41) is 4.53. The molecular formula is C22H26FN3O4. The van der Waals surface area contributed by atoms with Crippen LogP contribution < -0.4 is 0 Å². The van der Waals surface area contributed by atoms with Crippen LogP contribution in [-0.4, -0.2) is 59.5 Å². The first-order valence-corrected chi connectivity index (χ1v) is 10.4. The number of aromatic nitrogens is 2. The van der Waals surface area contributed by atoms with Gasteiger partial charge in [-0.1, -0.05) is 12.1 Å². The monoisotopic (exact) mass is 415 g/mol. The minimum atomic E-state index is -0.379. The van der Waals surface area contributed by atoms with Crippen molar-refractivity contribution in [1.82, 2.24) is 14.7 Å². The summed E-state index contributed by atoms with van der Waals surface area (Å²) < 4.78 is 26.4. The molecule has 0 N–H and O–H groups in total. The van der Waals surface area contributed by atoms with E-state index in [2.05, 4.69) is 5.10 Å². The van der Waals surface area contributed by atoms with Gasteiger partial charge in [-0.3, -0.25) is 9.59 Å². The number of hydrogen-bond donors (Lipinski definition) is 0. The number of fused-ring (bicyclic) bond motifs is 1. The number of methoxy groups -OCH3 is 1.